The van der Waals surface area contributed by atoms with Gasteiger partial charge in [-0.05, 0) is 60.1 Å². The van der Waals surface area contributed by atoms with Crippen LogP contribution in [0.4, 0.5) is 5.69 Å². The number of carbonyl (C=O) groups is 1. The molecule has 2 atom stereocenters. The molecule has 0 aromatic heterocycles. The molecular formula is C19H23BrN2O3. The Morgan fingerprint density at radius 2 is 1.80 bits per heavy atom. The molecule has 0 spiro atoms. The Morgan fingerprint density at radius 3 is 2.44 bits per heavy atom. The van der Waals surface area contributed by atoms with E-state index in [0.29, 0.717) is 0 Å². The zero-order chi connectivity index (χ0) is 18.4. The van der Waals surface area contributed by atoms with Crippen LogP contribution in [0.5, 0.6) is 11.5 Å². The van der Waals surface area contributed by atoms with Crippen molar-refractivity contribution in [1.29, 1.82) is 0 Å². The number of anilines is 1. The van der Waals surface area contributed by atoms with Crippen molar-refractivity contribution in [2.45, 2.75) is 25.9 Å². The molecule has 0 heterocycles. The van der Waals surface area contributed by atoms with E-state index >= 15 is 0 Å². The Morgan fingerprint density at radius 1 is 1.08 bits per heavy atom. The molecule has 2 unspecified atom stereocenters. The van der Waals surface area contributed by atoms with Gasteiger partial charge < -0.3 is 14.8 Å². The topological polar surface area (TPSA) is 59.6 Å². The number of ether oxygens (including phenoxy) is 2. The Kier molecular flexibility index (Phi) is 6.84. The Hall–Kier alpha value is -2.05. The monoisotopic (exact) mass is 406 g/mol. The summed E-state index contributed by atoms with van der Waals surface area (Å²) in [4.78, 5) is 12.5. The number of halogens is 1. The third-order valence-corrected chi connectivity index (χ3v) is 4.62. The summed E-state index contributed by atoms with van der Waals surface area (Å²) in [5, 5.41) is 6.21. The third kappa shape index (κ3) is 4.96. The number of methoxy groups -OCH3 is 2. The van der Waals surface area contributed by atoms with E-state index < -0.39 is 6.04 Å². The summed E-state index contributed by atoms with van der Waals surface area (Å²) < 4.78 is 11.5. The molecule has 6 heteroatoms. The summed E-state index contributed by atoms with van der Waals surface area (Å²) in [6, 6.07) is 12.6. The highest BCUT2D eigenvalue weighted by molar-refractivity contribution is 9.10. The minimum absolute atomic E-state index is 0.0926. The lowest BCUT2D eigenvalue weighted by Gasteiger charge is -2.22. The first-order valence-corrected chi connectivity index (χ1v) is 8.79. The summed E-state index contributed by atoms with van der Waals surface area (Å²) in [6.07, 6.45) is 0. The van der Waals surface area contributed by atoms with Crippen molar-refractivity contribution in [2.75, 3.05) is 19.5 Å². The quantitative estimate of drug-likeness (QED) is 0.724. The molecule has 0 aliphatic heterocycles. The van der Waals surface area contributed by atoms with Gasteiger partial charge in [0, 0.05) is 16.1 Å². The largest absolute Gasteiger partial charge is 0.497 e. The lowest BCUT2D eigenvalue weighted by atomic mass is 10.1. The predicted octanol–water partition coefficient (Wildman–Crippen LogP) is 4.14. The van der Waals surface area contributed by atoms with E-state index in [1.54, 1.807) is 14.2 Å². The van der Waals surface area contributed by atoms with Crippen molar-refractivity contribution in [1.82, 2.24) is 5.32 Å². The van der Waals surface area contributed by atoms with Crippen LogP contribution in [0.2, 0.25) is 0 Å². The van der Waals surface area contributed by atoms with Gasteiger partial charge in [-0.25, -0.2) is 0 Å². The van der Waals surface area contributed by atoms with Crippen LogP contribution in [0.3, 0.4) is 0 Å². The van der Waals surface area contributed by atoms with Crippen LogP contribution in [0.15, 0.2) is 46.9 Å². The average Bonchev–Trinajstić information content (AvgIpc) is 2.62. The van der Waals surface area contributed by atoms with Crippen LogP contribution >= 0.6 is 15.9 Å². The van der Waals surface area contributed by atoms with E-state index in [9.17, 15) is 4.79 Å². The molecule has 2 aromatic rings. The average molecular weight is 407 g/mol. The van der Waals surface area contributed by atoms with Crippen LogP contribution < -0.4 is 20.1 Å². The molecule has 0 saturated heterocycles. The van der Waals surface area contributed by atoms with E-state index in [2.05, 4.69) is 26.6 Å². The van der Waals surface area contributed by atoms with E-state index in [-0.39, 0.29) is 11.9 Å². The maximum Gasteiger partial charge on any atom is 0.241 e. The minimum atomic E-state index is -0.391. The molecule has 0 radical (unpaired) electrons. The molecule has 5 nitrogen and oxygen atoms in total. The summed E-state index contributed by atoms with van der Waals surface area (Å²) in [7, 11) is 3.25. The van der Waals surface area contributed by atoms with Gasteiger partial charge in [-0.2, -0.15) is 0 Å². The fourth-order valence-corrected chi connectivity index (χ4v) is 2.91. The number of hydrogen-bond acceptors (Lipinski definition) is 4. The first-order chi connectivity index (χ1) is 12.0. The highest BCUT2D eigenvalue weighted by Gasteiger charge is 2.19. The van der Waals surface area contributed by atoms with Gasteiger partial charge >= 0.3 is 0 Å². The second-order valence-corrected chi connectivity index (χ2v) is 6.54. The smallest absolute Gasteiger partial charge is 0.241 e. The van der Waals surface area contributed by atoms with Gasteiger partial charge in [-0.1, -0.05) is 12.1 Å². The maximum atomic E-state index is 12.5. The molecule has 0 fully saturated rings. The normalized spacial score (nSPS) is 13.0. The van der Waals surface area contributed by atoms with Gasteiger partial charge in [0.25, 0.3) is 0 Å². The number of benzene rings is 2. The van der Waals surface area contributed by atoms with Crippen molar-refractivity contribution in [2.24, 2.45) is 0 Å². The molecule has 0 bridgehead atoms. The van der Waals surface area contributed by atoms with Crippen LogP contribution in [0.1, 0.15) is 25.5 Å². The predicted molar refractivity (Wildman–Crippen MR) is 103 cm³/mol. The summed E-state index contributed by atoms with van der Waals surface area (Å²) in [6.45, 7) is 3.81. The van der Waals surface area contributed by atoms with Crippen molar-refractivity contribution < 1.29 is 14.3 Å². The van der Waals surface area contributed by atoms with E-state index in [1.165, 1.54) is 0 Å². The Bertz CT molecular complexity index is 736. The van der Waals surface area contributed by atoms with Gasteiger partial charge in [0.05, 0.1) is 25.9 Å². The minimum Gasteiger partial charge on any atom is -0.497 e. The maximum absolute atomic E-state index is 12.5. The number of carbonyl (C=O) groups excluding carboxylic acids is 1. The molecule has 0 aliphatic carbocycles. The van der Waals surface area contributed by atoms with Crippen LogP contribution in [0.25, 0.3) is 0 Å². The fraction of sp³-hybridized carbons (Fsp3) is 0.316. The molecule has 2 N–H and O–H groups in total. The lowest BCUT2D eigenvalue weighted by molar-refractivity contribution is -0.117. The highest BCUT2D eigenvalue weighted by Crippen LogP contribution is 2.29. The lowest BCUT2D eigenvalue weighted by Crippen LogP contribution is -2.39. The number of rotatable bonds is 7. The molecule has 134 valence electrons. The zero-order valence-electron chi connectivity index (χ0n) is 14.8. The number of nitrogens with one attached hydrogen (secondary N) is 2. The zero-order valence-corrected chi connectivity index (χ0v) is 16.4. The molecular weight excluding hydrogens is 384 g/mol. The van der Waals surface area contributed by atoms with Crippen molar-refractivity contribution in [3.63, 3.8) is 0 Å². The highest BCUT2D eigenvalue weighted by atomic mass is 79.9. The number of hydrogen-bond donors (Lipinski definition) is 2. The van der Waals surface area contributed by atoms with Crippen LogP contribution in [0, 0.1) is 0 Å². The first kappa shape index (κ1) is 19.3. The Labute approximate surface area is 156 Å². The van der Waals surface area contributed by atoms with Gasteiger partial charge in [-0.15, -0.1) is 0 Å². The van der Waals surface area contributed by atoms with Crippen LogP contribution in [-0.4, -0.2) is 26.2 Å². The van der Waals surface area contributed by atoms with Gasteiger partial charge in [0.2, 0.25) is 5.91 Å². The molecule has 2 aromatic carbocycles. The van der Waals surface area contributed by atoms with Crippen molar-refractivity contribution in [3.8, 4) is 11.5 Å². The van der Waals surface area contributed by atoms with Gasteiger partial charge in [0.15, 0.2) is 0 Å². The van der Waals surface area contributed by atoms with Crippen molar-refractivity contribution in [3.05, 3.63) is 52.5 Å². The number of para-hydroxylation sites is 1. The van der Waals surface area contributed by atoms with E-state index in [0.717, 1.165) is 27.2 Å². The SMILES string of the molecule is COc1ccc(OC)c(C(C)NC(C)C(=O)Nc2ccccc2Br)c1. The standard InChI is InChI=1S/C19H23BrN2O3/c1-12(15-11-14(24-3)9-10-18(15)25-4)21-13(2)19(23)22-17-8-6-5-7-16(17)20/h5-13,21H,1-4H3,(H,22,23). The summed E-state index contributed by atoms with van der Waals surface area (Å²) in [5.41, 5.74) is 1.68. The van der Waals surface area contributed by atoms with E-state index in [4.69, 9.17) is 9.47 Å². The second-order valence-electron chi connectivity index (χ2n) is 5.69. The number of amides is 1. The summed E-state index contributed by atoms with van der Waals surface area (Å²) in [5.74, 6) is 1.38. The third-order valence-electron chi connectivity index (χ3n) is 3.93. The fourth-order valence-electron chi connectivity index (χ4n) is 2.52. The molecule has 25 heavy (non-hydrogen) atoms. The second kappa shape index (κ2) is 8.87. The molecule has 0 saturated carbocycles. The van der Waals surface area contributed by atoms with Gasteiger partial charge in [-0.3, -0.25) is 10.1 Å². The van der Waals surface area contributed by atoms with E-state index in [1.807, 2.05) is 56.3 Å². The summed E-state index contributed by atoms with van der Waals surface area (Å²) >= 11 is 3.43. The molecule has 2 rings (SSSR count). The Balaban J connectivity index is 2.08. The molecule has 1 amide bonds. The molecule has 0 aliphatic rings. The van der Waals surface area contributed by atoms with Crippen molar-refractivity contribution >= 4 is 27.5 Å². The van der Waals surface area contributed by atoms with Gasteiger partial charge in [0.1, 0.15) is 11.5 Å². The first-order valence-electron chi connectivity index (χ1n) is 7.99. The van der Waals surface area contributed by atoms with Crippen LogP contribution in [-0.2, 0) is 4.79 Å².